The number of aromatic nitrogens is 2. The molecule has 2 N–H and O–H groups in total. The molecule has 2 aromatic rings. The van der Waals surface area contributed by atoms with Crippen LogP contribution < -0.4 is 5.73 Å². The van der Waals surface area contributed by atoms with Gasteiger partial charge in [-0.05, 0) is 19.1 Å². The van der Waals surface area contributed by atoms with Crippen molar-refractivity contribution >= 4 is 11.9 Å². The highest BCUT2D eigenvalue weighted by atomic mass is 16.5. The van der Waals surface area contributed by atoms with Gasteiger partial charge in [0.15, 0.2) is 0 Å². The standard InChI is InChI=1S/C17H20N4O3/c1-2-24-17(23)16(22)21(11-10-18)12-14-8-9-15(20-19-14)13-6-4-3-5-7-13/h3-9H,2,10-12,18H2,1H3. The first-order chi connectivity index (χ1) is 11.7. The molecule has 1 amide bonds. The van der Waals surface area contributed by atoms with Crippen molar-refractivity contribution in [3.05, 3.63) is 48.2 Å². The van der Waals surface area contributed by atoms with Crippen molar-refractivity contribution in [1.29, 1.82) is 0 Å². The highest BCUT2D eigenvalue weighted by molar-refractivity contribution is 6.32. The van der Waals surface area contributed by atoms with Crippen molar-refractivity contribution in [3.63, 3.8) is 0 Å². The smallest absolute Gasteiger partial charge is 0.397 e. The van der Waals surface area contributed by atoms with Crippen molar-refractivity contribution < 1.29 is 14.3 Å². The van der Waals surface area contributed by atoms with E-state index >= 15 is 0 Å². The summed E-state index contributed by atoms with van der Waals surface area (Å²) in [5.74, 6) is -1.61. The highest BCUT2D eigenvalue weighted by Crippen LogP contribution is 2.15. The first-order valence-corrected chi connectivity index (χ1v) is 7.69. The van der Waals surface area contributed by atoms with Crippen molar-refractivity contribution in [3.8, 4) is 11.3 Å². The van der Waals surface area contributed by atoms with Crippen LogP contribution in [-0.4, -0.2) is 46.7 Å². The van der Waals surface area contributed by atoms with E-state index in [0.717, 1.165) is 11.3 Å². The Bertz CT molecular complexity index is 674. The van der Waals surface area contributed by atoms with Crippen LogP contribution in [0.3, 0.4) is 0 Å². The third-order valence-electron chi connectivity index (χ3n) is 3.28. The molecule has 0 aliphatic heterocycles. The van der Waals surface area contributed by atoms with Crippen LogP contribution in [-0.2, 0) is 20.9 Å². The quantitative estimate of drug-likeness (QED) is 0.627. The molecule has 2 rings (SSSR count). The zero-order valence-electron chi connectivity index (χ0n) is 13.5. The Morgan fingerprint density at radius 3 is 2.46 bits per heavy atom. The van der Waals surface area contributed by atoms with Gasteiger partial charge in [0.05, 0.1) is 24.5 Å². The normalized spacial score (nSPS) is 10.2. The van der Waals surface area contributed by atoms with Gasteiger partial charge in [-0.3, -0.25) is 4.79 Å². The maximum absolute atomic E-state index is 12.1. The molecule has 0 saturated heterocycles. The molecule has 0 bridgehead atoms. The van der Waals surface area contributed by atoms with E-state index in [9.17, 15) is 9.59 Å². The number of rotatable bonds is 6. The van der Waals surface area contributed by atoms with E-state index in [1.54, 1.807) is 13.0 Å². The largest absolute Gasteiger partial charge is 0.459 e. The van der Waals surface area contributed by atoms with Crippen molar-refractivity contribution in [1.82, 2.24) is 15.1 Å². The van der Waals surface area contributed by atoms with Crippen LogP contribution in [0.2, 0.25) is 0 Å². The monoisotopic (exact) mass is 328 g/mol. The Kier molecular flexibility index (Phi) is 6.39. The van der Waals surface area contributed by atoms with Gasteiger partial charge in [0, 0.05) is 18.7 Å². The molecule has 0 aliphatic rings. The second-order valence-corrected chi connectivity index (χ2v) is 5.01. The van der Waals surface area contributed by atoms with Gasteiger partial charge in [0.25, 0.3) is 0 Å². The third kappa shape index (κ3) is 4.60. The number of benzene rings is 1. The zero-order chi connectivity index (χ0) is 17.4. The molecule has 0 aliphatic carbocycles. The lowest BCUT2D eigenvalue weighted by Gasteiger charge is -2.20. The molecule has 0 saturated carbocycles. The van der Waals surface area contributed by atoms with E-state index in [1.165, 1.54) is 4.90 Å². The first kappa shape index (κ1) is 17.6. The van der Waals surface area contributed by atoms with E-state index < -0.39 is 11.9 Å². The van der Waals surface area contributed by atoms with Gasteiger partial charge in [0.2, 0.25) is 0 Å². The Labute approximate surface area is 140 Å². The number of amides is 1. The molecular weight excluding hydrogens is 308 g/mol. The SMILES string of the molecule is CCOC(=O)C(=O)N(CCN)Cc1ccc(-c2ccccc2)nn1. The van der Waals surface area contributed by atoms with Gasteiger partial charge in [-0.1, -0.05) is 30.3 Å². The van der Waals surface area contributed by atoms with Crippen LogP contribution in [0, 0.1) is 0 Å². The summed E-state index contributed by atoms with van der Waals surface area (Å²) >= 11 is 0. The third-order valence-corrected chi connectivity index (χ3v) is 3.28. The lowest BCUT2D eigenvalue weighted by molar-refractivity contribution is -0.160. The van der Waals surface area contributed by atoms with E-state index in [0.29, 0.717) is 5.69 Å². The van der Waals surface area contributed by atoms with E-state index in [2.05, 4.69) is 10.2 Å². The molecule has 0 spiro atoms. The lowest BCUT2D eigenvalue weighted by Crippen LogP contribution is -2.40. The minimum absolute atomic E-state index is 0.145. The topological polar surface area (TPSA) is 98.4 Å². The van der Waals surface area contributed by atoms with E-state index in [-0.39, 0.29) is 26.2 Å². The molecule has 126 valence electrons. The average Bonchev–Trinajstić information content (AvgIpc) is 2.62. The van der Waals surface area contributed by atoms with Gasteiger partial charge < -0.3 is 15.4 Å². The summed E-state index contributed by atoms with van der Waals surface area (Å²) in [4.78, 5) is 25.0. The Hall–Kier alpha value is -2.80. The van der Waals surface area contributed by atoms with Crippen LogP contribution in [0.5, 0.6) is 0 Å². The Balaban J connectivity index is 2.09. The molecule has 7 nitrogen and oxygen atoms in total. The van der Waals surface area contributed by atoms with Crippen molar-refractivity contribution in [2.45, 2.75) is 13.5 Å². The van der Waals surface area contributed by atoms with Gasteiger partial charge in [-0.25, -0.2) is 4.79 Å². The fraction of sp³-hybridized carbons (Fsp3) is 0.294. The maximum atomic E-state index is 12.1. The maximum Gasteiger partial charge on any atom is 0.397 e. The number of carbonyl (C=O) groups is 2. The number of ether oxygens (including phenoxy) is 1. The van der Waals surface area contributed by atoms with Crippen molar-refractivity contribution in [2.75, 3.05) is 19.7 Å². The van der Waals surface area contributed by atoms with Crippen LogP contribution in [0.4, 0.5) is 0 Å². The molecule has 1 heterocycles. The zero-order valence-corrected chi connectivity index (χ0v) is 13.5. The van der Waals surface area contributed by atoms with E-state index in [4.69, 9.17) is 10.5 Å². The minimum Gasteiger partial charge on any atom is -0.459 e. The average molecular weight is 328 g/mol. The molecule has 1 aromatic carbocycles. The fourth-order valence-corrected chi connectivity index (χ4v) is 2.13. The summed E-state index contributed by atoms with van der Waals surface area (Å²) in [5.41, 5.74) is 7.78. The summed E-state index contributed by atoms with van der Waals surface area (Å²) in [6, 6.07) is 13.3. The second kappa shape index (κ2) is 8.73. The Morgan fingerprint density at radius 2 is 1.88 bits per heavy atom. The summed E-state index contributed by atoms with van der Waals surface area (Å²) in [5, 5.41) is 8.30. The number of hydrogen-bond acceptors (Lipinski definition) is 6. The lowest BCUT2D eigenvalue weighted by atomic mass is 10.1. The summed E-state index contributed by atoms with van der Waals surface area (Å²) < 4.78 is 4.74. The molecule has 0 radical (unpaired) electrons. The number of carbonyl (C=O) groups excluding carboxylic acids is 2. The number of nitrogens with two attached hydrogens (primary N) is 1. The van der Waals surface area contributed by atoms with Gasteiger partial charge >= 0.3 is 11.9 Å². The molecule has 24 heavy (non-hydrogen) atoms. The van der Waals surface area contributed by atoms with Crippen LogP contribution in [0.1, 0.15) is 12.6 Å². The van der Waals surface area contributed by atoms with Crippen molar-refractivity contribution in [2.24, 2.45) is 5.73 Å². The summed E-state index contributed by atoms with van der Waals surface area (Å²) in [6.07, 6.45) is 0. The Morgan fingerprint density at radius 1 is 1.12 bits per heavy atom. The summed E-state index contributed by atoms with van der Waals surface area (Å²) in [7, 11) is 0. The predicted molar refractivity (Wildman–Crippen MR) is 88.6 cm³/mol. The first-order valence-electron chi connectivity index (χ1n) is 7.69. The predicted octanol–water partition coefficient (Wildman–Crippen LogP) is 0.994. The van der Waals surface area contributed by atoms with E-state index in [1.807, 2.05) is 36.4 Å². The molecular formula is C17H20N4O3. The molecule has 1 aromatic heterocycles. The second-order valence-electron chi connectivity index (χ2n) is 5.01. The molecule has 0 unspecified atom stereocenters. The fourth-order valence-electron chi connectivity index (χ4n) is 2.13. The molecule has 0 atom stereocenters. The molecule has 7 heteroatoms. The summed E-state index contributed by atoms with van der Waals surface area (Å²) in [6.45, 7) is 2.41. The highest BCUT2D eigenvalue weighted by Gasteiger charge is 2.23. The minimum atomic E-state index is -0.889. The number of nitrogens with zero attached hydrogens (tertiary/aromatic N) is 3. The van der Waals surface area contributed by atoms with Gasteiger partial charge in [-0.15, -0.1) is 0 Å². The van der Waals surface area contributed by atoms with Crippen LogP contribution in [0.25, 0.3) is 11.3 Å². The van der Waals surface area contributed by atoms with Crippen LogP contribution in [0.15, 0.2) is 42.5 Å². The number of hydrogen-bond donors (Lipinski definition) is 1. The number of esters is 1. The van der Waals surface area contributed by atoms with Crippen LogP contribution >= 0.6 is 0 Å². The molecule has 0 fully saturated rings. The van der Waals surface area contributed by atoms with Gasteiger partial charge in [0.1, 0.15) is 0 Å². The van der Waals surface area contributed by atoms with Gasteiger partial charge in [-0.2, -0.15) is 10.2 Å².